The van der Waals surface area contributed by atoms with Crippen LogP contribution in [-0.4, -0.2) is 24.7 Å². The lowest BCUT2D eigenvalue weighted by atomic mass is 9.89. The zero-order valence-electron chi connectivity index (χ0n) is 12.3. The average molecular weight is 255 g/mol. The molecular formula is C15H29NO2. The molecule has 1 fully saturated rings. The minimum absolute atomic E-state index is 0.0140. The van der Waals surface area contributed by atoms with Gasteiger partial charge in [0, 0.05) is 5.54 Å². The maximum absolute atomic E-state index is 11.9. The van der Waals surface area contributed by atoms with Gasteiger partial charge in [-0.05, 0) is 39.7 Å². The molecule has 1 aliphatic carbocycles. The normalized spacial score (nSPS) is 17.7. The summed E-state index contributed by atoms with van der Waals surface area (Å²) in [4.78, 5) is 11.9. The first kappa shape index (κ1) is 15.5. The molecular weight excluding hydrogens is 226 g/mol. The van der Waals surface area contributed by atoms with Crippen molar-refractivity contribution in [3.63, 3.8) is 0 Å². The first-order valence-corrected chi connectivity index (χ1v) is 7.47. The van der Waals surface area contributed by atoms with E-state index in [0.717, 1.165) is 19.4 Å². The predicted octanol–water partition coefficient (Wildman–Crippen LogP) is 3.28. The van der Waals surface area contributed by atoms with Crippen LogP contribution in [0.1, 0.15) is 65.7 Å². The van der Waals surface area contributed by atoms with E-state index in [0.29, 0.717) is 6.61 Å². The van der Waals surface area contributed by atoms with Crippen molar-refractivity contribution in [1.82, 2.24) is 5.32 Å². The van der Waals surface area contributed by atoms with Gasteiger partial charge >= 0.3 is 5.97 Å². The highest BCUT2D eigenvalue weighted by molar-refractivity contribution is 5.72. The van der Waals surface area contributed by atoms with E-state index in [2.05, 4.69) is 26.1 Å². The van der Waals surface area contributed by atoms with Crippen LogP contribution < -0.4 is 5.32 Å². The van der Waals surface area contributed by atoms with Gasteiger partial charge in [-0.1, -0.05) is 32.6 Å². The maximum Gasteiger partial charge on any atom is 0.308 e. The molecule has 1 rings (SSSR count). The molecule has 3 heteroatoms. The summed E-state index contributed by atoms with van der Waals surface area (Å²) >= 11 is 0. The van der Waals surface area contributed by atoms with E-state index in [1.807, 2.05) is 0 Å². The Labute approximate surface area is 112 Å². The lowest BCUT2D eigenvalue weighted by molar-refractivity contribution is -0.151. The van der Waals surface area contributed by atoms with Crippen molar-refractivity contribution < 1.29 is 9.53 Å². The number of hydrogen-bond acceptors (Lipinski definition) is 3. The van der Waals surface area contributed by atoms with Crippen molar-refractivity contribution >= 4 is 5.97 Å². The second-order valence-electron chi connectivity index (χ2n) is 6.11. The van der Waals surface area contributed by atoms with E-state index in [1.165, 1.54) is 32.1 Å². The number of esters is 1. The predicted molar refractivity (Wildman–Crippen MR) is 74.5 cm³/mol. The van der Waals surface area contributed by atoms with Crippen molar-refractivity contribution in [3.8, 4) is 0 Å². The van der Waals surface area contributed by atoms with Gasteiger partial charge in [-0.25, -0.2) is 0 Å². The SMILES string of the molecule is CCCCNC(C)(C)COC(=O)C1CCCCC1. The highest BCUT2D eigenvalue weighted by Gasteiger charge is 2.25. The Balaban J connectivity index is 2.23. The third kappa shape index (κ3) is 5.85. The Morgan fingerprint density at radius 1 is 1.28 bits per heavy atom. The van der Waals surface area contributed by atoms with E-state index in [9.17, 15) is 4.79 Å². The molecule has 0 aliphatic heterocycles. The summed E-state index contributed by atoms with van der Waals surface area (Å²) < 4.78 is 5.48. The molecule has 1 N–H and O–H groups in total. The van der Waals surface area contributed by atoms with Crippen LogP contribution in [0.5, 0.6) is 0 Å². The highest BCUT2D eigenvalue weighted by atomic mass is 16.5. The molecule has 0 atom stereocenters. The van der Waals surface area contributed by atoms with Gasteiger partial charge in [0.1, 0.15) is 6.61 Å². The van der Waals surface area contributed by atoms with Crippen molar-refractivity contribution in [1.29, 1.82) is 0 Å². The monoisotopic (exact) mass is 255 g/mol. The summed E-state index contributed by atoms with van der Waals surface area (Å²) in [6.07, 6.45) is 8.01. The Morgan fingerprint density at radius 2 is 1.94 bits per heavy atom. The number of unbranched alkanes of at least 4 members (excludes halogenated alkanes) is 1. The summed E-state index contributed by atoms with van der Waals surface area (Å²) in [5.41, 5.74) is -0.112. The molecule has 0 amide bonds. The molecule has 0 saturated heterocycles. The lowest BCUT2D eigenvalue weighted by Crippen LogP contribution is -2.45. The number of carbonyl (C=O) groups excluding carboxylic acids is 1. The summed E-state index contributed by atoms with van der Waals surface area (Å²) in [7, 11) is 0. The number of carbonyl (C=O) groups is 1. The fraction of sp³-hybridized carbons (Fsp3) is 0.933. The van der Waals surface area contributed by atoms with Gasteiger partial charge < -0.3 is 10.1 Å². The van der Waals surface area contributed by atoms with Crippen LogP contribution in [0, 0.1) is 5.92 Å². The summed E-state index contributed by atoms with van der Waals surface area (Å²) in [6, 6.07) is 0. The first-order valence-electron chi connectivity index (χ1n) is 7.47. The Hall–Kier alpha value is -0.570. The number of rotatable bonds is 7. The summed E-state index contributed by atoms with van der Waals surface area (Å²) in [5.74, 6) is 0.172. The van der Waals surface area contributed by atoms with Crippen LogP contribution in [0.15, 0.2) is 0 Å². The van der Waals surface area contributed by atoms with Crippen molar-refractivity contribution in [3.05, 3.63) is 0 Å². The Morgan fingerprint density at radius 3 is 2.56 bits per heavy atom. The van der Waals surface area contributed by atoms with Gasteiger partial charge in [-0.15, -0.1) is 0 Å². The molecule has 18 heavy (non-hydrogen) atoms. The largest absolute Gasteiger partial charge is 0.464 e. The van der Waals surface area contributed by atoms with E-state index in [1.54, 1.807) is 0 Å². The Kier molecular flexibility index (Phi) is 6.69. The molecule has 106 valence electrons. The molecule has 0 radical (unpaired) electrons. The fourth-order valence-corrected chi connectivity index (χ4v) is 2.36. The third-order valence-corrected chi connectivity index (χ3v) is 3.65. The zero-order valence-corrected chi connectivity index (χ0v) is 12.3. The van der Waals surface area contributed by atoms with Gasteiger partial charge in [0.25, 0.3) is 0 Å². The van der Waals surface area contributed by atoms with Crippen molar-refractivity contribution in [2.24, 2.45) is 5.92 Å². The van der Waals surface area contributed by atoms with Crippen LogP contribution in [0.3, 0.4) is 0 Å². The fourth-order valence-electron chi connectivity index (χ4n) is 2.36. The van der Waals surface area contributed by atoms with Crippen molar-refractivity contribution in [2.75, 3.05) is 13.2 Å². The van der Waals surface area contributed by atoms with E-state index in [-0.39, 0.29) is 17.4 Å². The summed E-state index contributed by atoms with van der Waals surface area (Å²) in [5, 5.41) is 3.44. The van der Waals surface area contributed by atoms with Gasteiger partial charge in [0.2, 0.25) is 0 Å². The second-order valence-corrected chi connectivity index (χ2v) is 6.11. The average Bonchev–Trinajstić information content (AvgIpc) is 2.37. The molecule has 0 aromatic carbocycles. The van der Waals surface area contributed by atoms with Crippen LogP contribution in [0.4, 0.5) is 0 Å². The molecule has 0 unspecified atom stereocenters. The van der Waals surface area contributed by atoms with E-state index >= 15 is 0 Å². The van der Waals surface area contributed by atoms with Gasteiger partial charge in [-0.3, -0.25) is 4.79 Å². The number of hydrogen-bond donors (Lipinski definition) is 1. The molecule has 0 aromatic heterocycles. The molecule has 0 heterocycles. The molecule has 1 aliphatic rings. The molecule has 3 nitrogen and oxygen atoms in total. The minimum atomic E-state index is -0.112. The third-order valence-electron chi connectivity index (χ3n) is 3.65. The van der Waals surface area contributed by atoms with E-state index in [4.69, 9.17) is 4.74 Å². The topological polar surface area (TPSA) is 38.3 Å². The van der Waals surface area contributed by atoms with Crippen molar-refractivity contribution in [2.45, 2.75) is 71.3 Å². The smallest absolute Gasteiger partial charge is 0.308 e. The van der Waals surface area contributed by atoms with Crippen LogP contribution >= 0.6 is 0 Å². The molecule has 0 spiro atoms. The zero-order chi connectivity index (χ0) is 13.4. The van der Waals surface area contributed by atoms with Crippen LogP contribution in [0.25, 0.3) is 0 Å². The lowest BCUT2D eigenvalue weighted by Gasteiger charge is -2.27. The second kappa shape index (κ2) is 7.78. The van der Waals surface area contributed by atoms with Crippen LogP contribution in [0.2, 0.25) is 0 Å². The minimum Gasteiger partial charge on any atom is -0.464 e. The van der Waals surface area contributed by atoms with Gasteiger partial charge in [0.05, 0.1) is 5.92 Å². The first-order chi connectivity index (χ1) is 8.55. The maximum atomic E-state index is 11.9. The quantitative estimate of drug-likeness (QED) is 0.560. The molecule has 0 aromatic rings. The number of ether oxygens (including phenoxy) is 1. The standard InChI is InChI=1S/C15H29NO2/c1-4-5-11-16-15(2,3)12-18-14(17)13-9-7-6-8-10-13/h13,16H,4-12H2,1-3H3. The molecule has 1 saturated carbocycles. The number of nitrogens with one attached hydrogen (secondary N) is 1. The van der Waals surface area contributed by atoms with Gasteiger partial charge in [0.15, 0.2) is 0 Å². The highest BCUT2D eigenvalue weighted by Crippen LogP contribution is 2.24. The Bertz CT molecular complexity index is 245. The van der Waals surface area contributed by atoms with Gasteiger partial charge in [-0.2, -0.15) is 0 Å². The van der Waals surface area contributed by atoms with Crippen LogP contribution in [-0.2, 0) is 9.53 Å². The van der Waals surface area contributed by atoms with E-state index < -0.39 is 0 Å². The summed E-state index contributed by atoms with van der Waals surface area (Å²) in [6.45, 7) is 7.84. The molecule has 0 bridgehead atoms.